The highest BCUT2D eigenvalue weighted by Crippen LogP contribution is 2.21. The van der Waals surface area contributed by atoms with Crippen molar-refractivity contribution in [1.82, 2.24) is 5.32 Å². The number of benzene rings is 1. The van der Waals surface area contributed by atoms with Crippen LogP contribution in [-0.4, -0.2) is 12.6 Å². The third kappa shape index (κ3) is 4.05. The minimum Gasteiger partial charge on any atom is -0.315 e. The molecule has 0 saturated heterocycles. The number of hydrogen-bond donors (Lipinski definition) is 1. The van der Waals surface area contributed by atoms with Crippen LogP contribution in [0.3, 0.4) is 0 Å². The molecule has 0 aliphatic heterocycles. The number of aryl methyl sites for hydroxylation is 1. The molecule has 0 aromatic heterocycles. The van der Waals surface area contributed by atoms with Crippen LogP contribution in [0.5, 0.6) is 0 Å². The molecule has 0 saturated carbocycles. The van der Waals surface area contributed by atoms with Crippen LogP contribution in [0.4, 0.5) is 0 Å². The van der Waals surface area contributed by atoms with Crippen molar-refractivity contribution in [2.45, 2.75) is 46.1 Å². The summed E-state index contributed by atoms with van der Waals surface area (Å²) in [6.45, 7) is 10.00. The SMILES string of the molecule is Cc1ccccc1C(C)CCNC(C)C. The average molecular weight is 205 g/mol. The summed E-state index contributed by atoms with van der Waals surface area (Å²) in [4.78, 5) is 0. The smallest absolute Gasteiger partial charge is 0.00103 e. The van der Waals surface area contributed by atoms with Crippen LogP contribution in [0.1, 0.15) is 44.2 Å². The fourth-order valence-electron chi connectivity index (χ4n) is 1.88. The molecule has 0 aliphatic carbocycles. The van der Waals surface area contributed by atoms with Gasteiger partial charge in [0.25, 0.3) is 0 Å². The van der Waals surface area contributed by atoms with Crippen molar-refractivity contribution < 1.29 is 0 Å². The van der Waals surface area contributed by atoms with E-state index in [4.69, 9.17) is 0 Å². The molecule has 1 rings (SSSR count). The van der Waals surface area contributed by atoms with E-state index < -0.39 is 0 Å². The largest absolute Gasteiger partial charge is 0.315 e. The molecule has 15 heavy (non-hydrogen) atoms. The molecule has 1 unspecified atom stereocenters. The molecular formula is C14H23N. The lowest BCUT2D eigenvalue weighted by Crippen LogP contribution is -2.24. The molecule has 0 radical (unpaired) electrons. The second kappa shape index (κ2) is 5.92. The second-order valence-electron chi connectivity index (χ2n) is 4.66. The van der Waals surface area contributed by atoms with Crippen molar-refractivity contribution in [3.05, 3.63) is 35.4 Å². The van der Waals surface area contributed by atoms with Gasteiger partial charge >= 0.3 is 0 Å². The minimum atomic E-state index is 0.592. The van der Waals surface area contributed by atoms with Gasteiger partial charge in [-0.15, -0.1) is 0 Å². The Morgan fingerprint density at radius 3 is 2.40 bits per heavy atom. The van der Waals surface area contributed by atoms with Gasteiger partial charge < -0.3 is 5.32 Å². The molecule has 0 bridgehead atoms. The number of rotatable bonds is 5. The lowest BCUT2D eigenvalue weighted by Gasteiger charge is -2.16. The van der Waals surface area contributed by atoms with Crippen molar-refractivity contribution >= 4 is 0 Å². The first-order chi connectivity index (χ1) is 7.11. The molecule has 1 N–H and O–H groups in total. The summed E-state index contributed by atoms with van der Waals surface area (Å²) in [5.74, 6) is 0.650. The van der Waals surface area contributed by atoms with E-state index in [-0.39, 0.29) is 0 Å². The first kappa shape index (κ1) is 12.3. The molecule has 0 heterocycles. The van der Waals surface area contributed by atoms with Crippen LogP contribution in [0.15, 0.2) is 24.3 Å². The number of nitrogens with one attached hydrogen (secondary N) is 1. The first-order valence-corrected chi connectivity index (χ1v) is 5.90. The summed E-state index contributed by atoms with van der Waals surface area (Å²) in [5, 5.41) is 3.47. The van der Waals surface area contributed by atoms with E-state index in [1.807, 2.05) is 0 Å². The maximum Gasteiger partial charge on any atom is 0.00103 e. The van der Waals surface area contributed by atoms with Gasteiger partial charge in [0.15, 0.2) is 0 Å². The second-order valence-corrected chi connectivity index (χ2v) is 4.66. The van der Waals surface area contributed by atoms with Gasteiger partial charge in [-0.25, -0.2) is 0 Å². The van der Waals surface area contributed by atoms with E-state index in [0.29, 0.717) is 12.0 Å². The summed E-state index contributed by atoms with van der Waals surface area (Å²) >= 11 is 0. The Morgan fingerprint density at radius 2 is 1.80 bits per heavy atom. The van der Waals surface area contributed by atoms with Crippen molar-refractivity contribution in [1.29, 1.82) is 0 Å². The molecule has 1 atom stereocenters. The highest BCUT2D eigenvalue weighted by Gasteiger charge is 2.07. The minimum absolute atomic E-state index is 0.592. The standard InChI is InChI=1S/C14H23N/c1-11(2)15-10-9-13(4)14-8-6-5-7-12(14)3/h5-8,11,13,15H,9-10H2,1-4H3. The van der Waals surface area contributed by atoms with E-state index in [1.165, 1.54) is 17.5 Å². The Morgan fingerprint density at radius 1 is 1.13 bits per heavy atom. The normalized spacial score (nSPS) is 13.1. The monoisotopic (exact) mass is 205 g/mol. The zero-order chi connectivity index (χ0) is 11.3. The van der Waals surface area contributed by atoms with Crippen LogP contribution in [0.25, 0.3) is 0 Å². The fraction of sp³-hybridized carbons (Fsp3) is 0.571. The van der Waals surface area contributed by atoms with Gasteiger partial charge in [0.05, 0.1) is 0 Å². The molecule has 1 aromatic rings. The van der Waals surface area contributed by atoms with Gasteiger partial charge in [-0.2, -0.15) is 0 Å². The van der Waals surface area contributed by atoms with Gasteiger partial charge in [0.1, 0.15) is 0 Å². The quantitative estimate of drug-likeness (QED) is 0.776. The maximum atomic E-state index is 3.47. The molecular weight excluding hydrogens is 182 g/mol. The van der Waals surface area contributed by atoms with Gasteiger partial charge in [0.2, 0.25) is 0 Å². The maximum absolute atomic E-state index is 3.47. The van der Waals surface area contributed by atoms with E-state index in [1.54, 1.807) is 0 Å². The molecule has 1 aromatic carbocycles. The van der Waals surface area contributed by atoms with Crippen LogP contribution in [-0.2, 0) is 0 Å². The Hall–Kier alpha value is -0.820. The molecule has 84 valence electrons. The summed E-state index contributed by atoms with van der Waals surface area (Å²) < 4.78 is 0. The molecule has 0 aliphatic rings. The topological polar surface area (TPSA) is 12.0 Å². The predicted molar refractivity (Wildman–Crippen MR) is 67.3 cm³/mol. The molecule has 0 fully saturated rings. The Kier molecular flexibility index (Phi) is 4.83. The van der Waals surface area contributed by atoms with Gasteiger partial charge in [0, 0.05) is 6.04 Å². The van der Waals surface area contributed by atoms with Crippen LogP contribution in [0.2, 0.25) is 0 Å². The molecule has 0 amide bonds. The highest BCUT2D eigenvalue weighted by molar-refractivity contribution is 5.28. The van der Waals surface area contributed by atoms with Crippen LogP contribution >= 0.6 is 0 Å². The molecule has 1 nitrogen and oxygen atoms in total. The van der Waals surface area contributed by atoms with Gasteiger partial charge in [-0.05, 0) is 36.9 Å². The molecule has 1 heteroatoms. The van der Waals surface area contributed by atoms with Crippen molar-refractivity contribution in [2.75, 3.05) is 6.54 Å². The number of hydrogen-bond acceptors (Lipinski definition) is 1. The Bertz CT molecular complexity index is 291. The summed E-state index contributed by atoms with van der Waals surface area (Å²) in [7, 11) is 0. The Balaban J connectivity index is 2.47. The summed E-state index contributed by atoms with van der Waals surface area (Å²) in [6.07, 6.45) is 1.21. The highest BCUT2D eigenvalue weighted by atomic mass is 14.9. The third-order valence-corrected chi connectivity index (χ3v) is 2.85. The van der Waals surface area contributed by atoms with E-state index >= 15 is 0 Å². The zero-order valence-electron chi connectivity index (χ0n) is 10.4. The first-order valence-electron chi connectivity index (χ1n) is 5.90. The lowest BCUT2D eigenvalue weighted by molar-refractivity contribution is 0.540. The van der Waals surface area contributed by atoms with Crippen molar-refractivity contribution in [3.63, 3.8) is 0 Å². The average Bonchev–Trinajstić information content (AvgIpc) is 2.17. The van der Waals surface area contributed by atoms with E-state index in [9.17, 15) is 0 Å². The van der Waals surface area contributed by atoms with Crippen LogP contribution < -0.4 is 5.32 Å². The Labute approximate surface area is 93.9 Å². The lowest BCUT2D eigenvalue weighted by atomic mass is 9.94. The van der Waals surface area contributed by atoms with E-state index in [2.05, 4.69) is 57.3 Å². The summed E-state index contributed by atoms with van der Waals surface area (Å²) in [5.41, 5.74) is 2.90. The van der Waals surface area contributed by atoms with E-state index in [0.717, 1.165) is 6.54 Å². The van der Waals surface area contributed by atoms with Crippen molar-refractivity contribution in [3.8, 4) is 0 Å². The predicted octanol–water partition coefficient (Wildman–Crippen LogP) is 3.49. The van der Waals surface area contributed by atoms with Gasteiger partial charge in [-0.3, -0.25) is 0 Å². The molecule has 0 spiro atoms. The van der Waals surface area contributed by atoms with Crippen LogP contribution in [0, 0.1) is 6.92 Å². The van der Waals surface area contributed by atoms with Gasteiger partial charge in [-0.1, -0.05) is 45.0 Å². The fourth-order valence-corrected chi connectivity index (χ4v) is 1.88. The third-order valence-electron chi connectivity index (χ3n) is 2.85. The zero-order valence-corrected chi connectivity index (χ0v) is 10.4. The van der Waals surface area contributed by atoms with Crippen molar-refractivity contribution in [2.24, 2.45) is 0 Å². The summed E-state index contributed by atoms with van der Waals surface area (Å²) in [6, 6.07) is 9.28.